The lowest BCUT2D eigenvalue weighted by molar-refractivity contribution is 0.339. The van der Waals surface area contributed by atoms with E-state index in [1.165, 1.54) is 11.3 Å². The number of aryl methyl sites for hydroxylation is 1. The normalized spacial score (nSPS) is 17.2. The Morgan fingerprint density at radius 3 is 2.71 bits per heavy atom. The van der Waals surface area contributed by atoms with Crippen LogP contribution >= 0.6 is 0 Å². The number of ether oxygens (including phenoxy) is 1. The molecule has 1 aromatic rings. The van der Waals surface area contributed by atoms with E-state index < -0.39 is 0 Å². The van der Waals surface area contributed by atoms with Crippen LogP contribution in [0.4, 0.5) is 5.69 Å². The highest BCUT2D eigenvalue weighted by Gasteiger charge is 2.19. The van der Waals surface area contributed by atoms with Gasteiger partial charge in [0.2, 0.25) is 0 Å². The molecule has 2 rings (SSSR count). The molecule has 1 heterocycles. The molecular formula is C14H22N2O. The molecule has 1 fully saturated rings. The van der Waals surface area contributed by atoms with Crippen molar-refractivity contribution in [2.24, 2.45) is 5.73 Å². The lowest BCUT2D eigenvalue weighted by atomic mass is 10.0. The van der Waals surface area contributed by atoms with Gasteiger partial charge < -0.3 is 15.4 Å². The first-order valence-electron chi connectivity index (χ1n) is 6.44. The predicted octanol–water partition coefficient (Wildman–Crippen LogP) is 2.32. The summed E-state index contributed by atoms with van der Waals surface area (Å²) in [6, 6.07) is 6.75. The summed E-state index contributed by atoms with van der Waals surface area (Å²) in [7, 11) is 0. The van der Waals surface area contributed by atoms with Gasteiger partial charge in [-0.2, -0.15) is 0 Å². The van der Waals surface area contributed by atoms with Gasteiger partial charge in [-0.3, -0.25) is 0 Å². The van der Waals surface area contributed by atoms with Gasteiger partial charge in [0.1, 0.15) is 5.75 Å². The highest BCUT2D eigenvalue weighted by Crippen LogP contribution is 2.31. The van der Waals surface area contributed by atoms with Crippen molar-refractivity contribution in [3.63, 3.8) is 0 Å². The second-order valence-corrected chi connectivity index (χ2v) is 4.73. The molecule has 0 atom stereocenters. The monoisotopic (exact) mass is 234 g/mol. The zero-order valence-corrected chi connectivity index (χ0v) is 10.8. The molecule has 2 N–H and O–H groups in total. The first kappa shape index (κ1) is 12.2. The number of piperidine rings is 1. The fraction of sp³-hybridized carbons (Fsp3) is 0.571. The average Bonchev–Trinajstić information content (AvgIpc) is 2.33. The zero-order valence-electron chi connectivity index (χ0n) is 10.8. The van der Waals surface area contributed by atoms with E-state index in [1.807, 2.05) is 6.92 Å². The summed E-state index contributed by atoms with van der Waals surface area (Å²) in [4.78, 5) is 2.39. The fourth-order valence-electron chi connectivity index (χ4n) is 2.29. The van der Waals surface area contributed by atoms with E-state index in [1.54, 1.807) is 0 Å². The van der Waals surface area contributed by atoms with Crippen LogP contribution in [-0.4, -0.2) is 25.7 Å². The van der Waals surface area contributed by atoms with Crippen molar-refractivity contribution >= 4 is 5.69 Å². The Labute approximate surface area is 104 Å². The highest BCUT2D eigenvalue weighted by molar-refractivity contribution is 5.60. The minimum absolute atomic E-state index is 0.367. The quantitative estimate of drug-likeness (QED) is 0.872. The van der Waals surface area contributed by atoms with Crippen LogP contribution in [0.5, 0.6) is 5.75 Å². The maximum absolute atomic E-state index is 5.94. The van der Waals surface area contributed by atoms with Crippen molar-refractivity contribution in [2.45, 2.75) is 32.7 Å². The molecule has 3 heteroatoms. The van der Waals surface area contributed by atoms with Gasteiger partial charge >= 0.3 is 0 Å². The molecule has 0 aromatic heterocycles. The molecule has 0 spiro atoms. The van der Waals surface area contributed by atoms with E-state index in [-0.39, 0.29) is 0 Å². The number of hydrogen-bond acceptors (Lipinski definition) is 3. The SMILES string of the molecule is CCOc1ccc(C)cc1N1CCC(N)CC1. The number of rotatable bonds is 3. The molecular weight excluding hydrogens is 212 g/mol. The summed E-state index contributed by atoms with van der Waals surface area (Å²) in [6.45, 7) is 6.92. The van der Waals surface area contributed by atoms with E-state index >= 15 is 0 Å². The molecule has 0 unspecified atom stereocenters. The summed E-state index contributed by atoms with van der Waals surface area (Å²) in [5, 5.41) is 0. The molecule has 0 aliphatic carbocycles. The molecule has 0 saturated carbocycles. The van der Waals surface area contributed by atoms with Gasteiger partial charge in [-0.1, -0.05) is 6.07 Å². The summed E-state index contributed by atoms with van der Waals surface area (Å²) < 4.78 is 5.70. The van der Waals surface area contributed by atoms with Crippen LogP contribution in [0.1, 0.15) is 25.3 Å². The molecule has 1 aliphatic rings. The first-order valence-corrected chi connectivity index (χ1v) is 6.44. The Hall–Kier alpha value is -1.22. The van der Waals surface area contributed by atoms with Crippen molar-refractivity contribution in [3.05, 3.63) is 23.8 Å². The van der Waals surface area contributed by atoms with Crippen LogP contribution in [0.3, 0.4) is 0 Å². The molecule has 1 aromatic carbocycles. The van der Waals surface area contributed by atoms with Crippen molar-refractivity contribution in [1.29, 1.82) is 0 Å². The Bertz CT molecular complexity index is 370. The third-order valence-electron chi connectivity index (χ3n) is 3.29. The summed E-state index contributed by atoms with van der Waals surface area (Å²) in [5.74, 6) is 0.994. The van der Waals surface area contributed by atoms with Gasteiger partial charge in [-0.05, 0) is 44.4 Å². The van der Waals surface area contributed by atoms with Gasteiger partial charge in [0, 0.05) is 19.1 Å². The number of anilines is 1. The van der Waals surface area contributed by atoms with Crippen LogP contribution in [0, 0.1) is 6.92 Å². The van der Waals surface area contributed by atoms with E-state index in [0.717, 1.165) is 31.7 Å². The van der Waals surface area contributed by atoms with Gasteiger partial charge in [-0.25, -0.2) is 0 Å². The second-order valence-electron chi connectivity index (χ2n) is 4.73. The Kier molecular flexibility index (Phi) is 3.89. The third kappa shape index (κ3) is 2.91. The standard InChI is InChI=1S/C14H22N2O/c1-3-17-14-5-4-11(2)10-13(14)16-8-6-12(15)7-9-16/h4-5,10,12H,3,6-9,15H2,1-2H3. The summed E-state index contributed by atoms with van der Waals surface area (Å²) >= 11 is 0. The Morgan fingerprint density at radius 1 is 1.35 bits per heavy atom. The van der Waals surface area contributed by atoms with E-state index in [0.29, 0.717) is 12.6 Å². The maximum atomic E-state index is 5.94. The smallest absolute Gasteiger partial charge is 0.142 e. The molecule has 0 bridgehead atoms. The summed E-state index contributed by atoms with van der Waals surface area (Å²) in [5.41, 5.74) is 8.44. The minimum atomic E-state index is 0.367. The second kappa shape index (κ2) is 5.41. The molecule has 3 nitrogen and oxygen atoms in total. The van der Waals surface area contributed by atoms with Gasteiger partial charge in [-0.15, -0.1) is 0 Å². The van der Waals surface area contributed by atoms with E-state index in [9.17, 15) is 0 Å². The zero-order chi connectivity index (χ0) is 12.3. The maximum Gasteiger partial charge on any atom is 0.142 e. The molecule has 17 heavy (non-hydrogen) atoms. The Balaban J connectivity index is 2.20. The third-order valence-corrected chi connectivity index (χ3v) is 3.29. The fourth-order valence-corrected chi connectivity index (χ4v) is 2.29. The predicted molar refractivity (Wildman–Crippen MR) is 71.8 cm³/mol. The Morgan fingerprint density at radius 2 is 2.06 bits per heavy atom. The van der Waals surface area contributed by atoms with Crippen LogP contribution in [-0.2, 0) is 0 Å². The summed E-state index contributed by atoms with van der Waals surface area (Å²) in [6.07, 6.45) is 2.14. The molecule has 0 amide bonds. The van der Waals surface area contributed by atoms with Crippen LogP contribution in [0.2, 0.25) is 0 Å². The number of nitrogens with two attached hydrogens (primary N) is 1. The minimum Gasteiger partial charge on any atom is -0.492 e. The number of benzene rings is 1. The molecule has 1 saturated heterocycles. The molecule has 0 radical (unpaired) electrons. The highest BCUT2D eigenvalue weighted by atomic mass is 16.5. The largest absolute Gasteiger partial charge is 0.492 e. The van der Waals surface area contributed by atoms with Crippen LogP contribution < -0.4 is 15.4 Å². The average molecular weight is 234 g/mol. The van der Waals surface area contributed by atoms with Gasteiger partial charge in [0.05, 0.1) is 12.3 Å². The lowest BCUT2D eigenvalue weighted by Crippen LogP contribution is -2.39. The van der Waals surface area contributed by atoms with Crippen LogP contribution in [0.25, 0.3) is 0 Å². The topological polar surface area (TPSA) is 38.5 Å². The van der Waals surface area contributed by atoms with Crippen LogP contribution in [0.15, 0.2) is 18.2 Å². The number of nitrogens with zero attached hydrogens (tertiary/aromatic N) is 1. The molecule has 94 valence electrons. The van der Waals surface area contributed by atoms with Crippen molar-refractivity contribution in [3.8, 4) is 5.75 Å². The molecule has 1 aliphatic heterocycles. The number of hydrogen-bond donors (Lipinski definition) is 1. The van der Waals surface area contributed by atoms with Gasteiger partial charge in [0.25, 0.3) is 0 Å². The first-order chi connectivity index (χ1) is 8.20. The van der Waals surface area contributed by atoms with Gasteiger partial charge in [0.15, 0.2) is 0 Å². The lowest BCUT2D eigenvalue weighted by Gasteiger charge is -2.33. The van der Waals surface area contributed by atoms with Crippen molar-refractivity contribution in [2.75, 3.05) is 24.6 Å². The van der Waals surface area contributed by atoms with Crippen molar-refractivity contribution in [1.82, 2.24) is 0 Å². The van der Waals surface area contributed by atoms with E-state index in [4.69, 9.17) is 10.5 Å². The van der Waals surface area contributed by atoms with E-state index in [2.05, 4.69) is 30.0 Å². The van der Waals surface area contributed by atoms with Crippen molar-refractivity contribution < 1.29 is 4.74 Å².